The van der Waals surface area contributed by atoms with E-state index in [1.54, 1.807) is 36.4 Å². The Labute approximate surface area is 219 Å². The van der Waals surface area contributed by atoms with Crippen LogP contribution in [0.4, 0.5) is 0 Å². The molecule has 9 nitrogen and oxygen atoms in total. The first-order chi connectivity index (χ1) is 18.0. The number of aromatic nitrogens is 4. The number of nitrogens with zero attached hydrogens (tertiary/aromatic N) is 7. The van der Waals surface area contributed by atoms with E-state index in [4.69, 9.17) is 4.74 Å². The fraction of sp³-hybridized carbons (Fsp3) is 0.296. The molecule has 188 valence electrons. The van der Waals surface area contributed by atoms with Gasteiger partial charge in [0.25, 0.3) is 0 Å². The summed E-state index contributed by atoms with van der Waals surface area (Å²) in [6.45, 7) is 5.88. The second-order valence-electron chi connectivity index (χ2n) is 8.87. The maximum absolute atomic E-state index is 11.8. The molecular formula is C27H27N7O2S. The highest BCUT2D eigenvalue weighted by Crippen LogP contribution is 2.37. The number of nitriles is 1. The molecule has 10 heteroatoms. The van der Waals surface area contributed by atoms with Crippen molar-refractivity contribution in [3.8, 4) is 17.2 Å². The van der Waals surface area contributed by atoms with Crippen molar-refractivity contribution in [2.75, 3.05) is 26.7 Å². The number of morpholine rings is 1. The summed E-state index contributed by atoms with van der Waals surface area (Å²) in [5, 5.41) is 18.8. The van der Waals surface area contributed by atoms with Crippen molar-refractivity contribution >= 4 is 29.4 Å². The van der Waals surface area contributed by atoms with Crippen molar-refractivity contribution < 1.29 is 9.53 Å². The zero-order valence-electron chi connectivity index (χ0n) is 21.0. The molecule has 0 unspecified atom stereocenters. The first-order valence-electron chi connectivity index (χ1n) is 12.0. The van der Waals surface area contributed by atoms with Crippen molar-refractivity contribution in [3.05, 3.63) is 65.7 Å². The maximum atomic E-state index is 11.8. The lowest BCUT2D eigenvalue weighted by Crippen LogP contribution is -2.46. The van der Waals surface area contributed by atoms with E-state index in [0.717, 1.165) is 37.7 Å². The molecule has 0 bridgehead atoms. The van der Waals surface area contributed by atoms with Gasteiger partial charge in [-0.2, -0.15) is 15.5 Å². The lowest BCUT2D eigenvalue weighted by Gasteiger charge is -2.32. The van der Waals surface area contributed by atoms with Crippen LogP contribution in [-0.2, 0) is 16.1 Å². The molecule has 0 aliphatic carbocycles. The highest BCUT2D eigenvalue weighted by molar-refractivity contribution is 7.99. The van der Waals surface area contributed by atoms with E-state index < -0.39 is 0 Å². The predicted octanol–water partition coefficient (Wildman–Crippen LogP) is 3.83. The number of ether oxygens (including phenoxy) is 1. The fourth-order valence-corrected chi connectivity index (χ4v) is 5.66. The van der Waals surface area contributed by atoms with Gasteiger partial charge in [-0.05, 0) is 19.1 Å². The van der Waals surface area contributed by atoms with Crippen LogP contribution in [-0.4, -0.2) is 69.3 Å². The van der Waals surface area contributed by atoms with Gasteiger partial charge in [-0.25, -0.2) is 4.52 Å². The van der Waals surface area contributed by atoms with Gasteiger partial charge in [-0.1, -0.05) is 30.0 Å². The van der Waals surface area contributed by atoms with E-state index in [9.17, 15) is 10.1 Å². The Morgan fingerprint density at radius 1 is 1.30 bits per heavy atom. The molecule has 0 radical (unpaired) electrons. The molecule has 1 aliphatic rings. The normalized spacial score (nSPS) is 15.9. The van der Waals surface area contributed by atoms with Crippen molar-refractivity contribution in [1.82, 2.24) is 24.3 Å². The Kier molecular flexibility index (Phi) is 7.08. The Morgan fingerprint density at radius 3 is 2.92 bits per heavy atom. The summed E-state index contributed by atoms with van der Waals surface area (Å²) >= 11 is 1.58. The first kappa shape index (κ1) is 24.7. The number of fused-ring (bicyclic) bond motifs is 1. The van der Waals surface area contributed by atoms with Gasteiger partial charge in [0.1, 0.15) is 6.07 Å². The maximum Gasteiger partial charge on any atom is 0.219 e. The summed E-state index contributed by atoms with van der Waals surface area (Å²) in [7, 11) is 1.75. The molecule has 1 aromatic carbocycles. The van der Waals surface area contributed by atoms with Crippen LogP contribution < -0.4 is 0 Å². The van der Waals surface area contributed by atoms with E-state index >= 15 is 0 Å². The third-order valence-corrected chi connectivity index (χ3v) is 7.60. The molecule has 0 N–H and O–H groups in total. The number of amides is 1. The minimum Gasteiger partial charge on any atom is -0.373 e. The van der Waals surface area contributed by atoms with Crippen LogP contribution in [0.2, 0.25) is 0 Å². The SMILES string of the molecule is C/N=C\c1ccccc1Sc1cc(-c2cnn(C[C@H]3CN(C(C)=O)CCO3)c2C)cn2ncc(C#N)c12. The van der Waals surface area contributed by atoms with Gasteiger partial charge in [0, 0.05) is 71.6 Å². The lowest BCUT2D eigenvalue weighted by atomic mass is 10.1. The molecule has 4 heterocycles. The van der Waals surface area contributed by atoms with Crippen LogP contribution in [0.3, 0.4) is 0 Å². The zero-order chi connectivity index (χ0) is 25.9. The van der Waals surface area contributed by atoms with Crippen molar-refractivity contribution in [2.45, 2.75) is 36.3 Å². The summed E-state index contributed by atoms with van der Waals surface area (Å²) in [6.07, 6.45) is 7.10. The van der Waals surface area contributed by atoms with Crippen LogP contribution in [0, 0.1) is 18.3 Å². The second kappa shape index (κ2) is 10.6. The van der Waals surface area contributed by atoms with Crippen molar-refractivity contribution in [2.24, 2.45) is 4.99 Å². The quantitative estimate of drug-likeness (QED) is 0.363. The summed E-state index contributed by atoms with van der Waals surface area (Å²) in [5.41, 5.74) is 5.21. The number of pyridine rings is 1. The van der Waals surface area contributed by atoms with E-state index in [1.807, 2.05) is 59.4 Å². The smallest absolute Gasteiger partial charge is 0.219 e. The van der Waals surface area contributed by atoms with E-state index in [0.29, 0.717) is 31.8 Å². The zero-order valence-corrected chi connectivity index (χ0v) is 21.8. The van der Waals surface area contributed by atoms with Gasteiger partial charge in [0.15, 0.2) is 0 Å². The Morgan fingerprint density at radius 2 is 2.14 bits per heavy atom. The van der Waals surface area contributed by atoms with Gasteiger partial charge in [0.05, 0.1) is 42.7 Å². The van der Waals surface area contributed by atoms with E-state index in [1.165, 1.54) is 0 Å². The molecule has 1 atom stereocenters. The molecule has 1 saturated heterocycles. The molecule has 37 heavy (non-hydrogen) atoms. The third kappa shape index (κ3) is 5.01. The molecular weight excluding hydrogens is 486 g/mol. The summed E-state index contributed by atoms with van der Waals surface area (Å²) in [5.74, 6) is 0.0623. The topological polar surface area (TPSA) is 101 Å². The minimum atomic E-state index is -0.112. The molecule has 3 aromatic heterocycles. The molecule has 1 fully saturated rings. The molecule has 4 aromatic rings. The highest BCUT2D eigenvalue weighted by atomic mass is 32.2. The number of benzene rings is 1. The molecule has 0 saturated carbocycles. The van der Waals surface area contributed by atoms with Crippen LogP contribution >= 0.6 is 11.8 Å². The minimum absolute atomic E-state index is 0.0623. The number of carbonyl (C=O) groups is 1. The van der Waals surface area contributed by atoms with E-state index in [-0.39, 0.29) is 12.0 Å². The van der Waals surface area contributed by atoms with Gasteiger partial charge < -0.3 is 9.64 Å². The van der Waals surface area contributed by atoms with Crippen LogP contribution in [0.1, 0.15) is 23.7 Å². The summed E-state index contributed by atoms with van der Waals surface area (Å²) in [4.78, 5) is 19.8. The van der Waals surface area contributed by atoms with Crippen molar-refractivity contribution in [1.29, 1.82) is 5.26 Å². The average molecular weight is 514 g/mol. The fourth-order valence-electron chi connectivity index (χ4n) is 4.55. The van der Waals surface area contributed by atoms with Gasteiger partial charge in [-0.15, -0.1) is 0 Å². The van der Waals surface area contributed by atoms with Crippen LogP contribution in [0.5, 0.6) is 0 Å². The molecule has 1 amide bonds. The standard InChI is InChI=1S/C27H27N7O2S/c1-18-24(14-31-33(18)17-23-16-32(19(2)35)8-9-36-23)21-10-26(27-22(11-28)13-30-34(27)15-21)37-25-7-5-4-6-20(25)12-29-3/h4-7,10,12-15,23H,8-9,16-17H2,1-3H3/b29-12-/t23-/m1/s1. The van der Waals surface area contributed by atoms with Gasteiger partial charge >= 0.3 is 0 Å². The summed E-state index contributed by atoms with van der Waals surface area (Å²) in [6, 6.07) is 12.4. The number of aliphatic imine (C=N–C) groups is 1. The Balaban J connectivity index is 1.51. The average Bonchev–Trinajstić information content (AvgIpc) is 3.48. The highest BCUT2D eigenvalue weighted by Gasteiger charge is 2.24. The van der Waals surface area contributed by atoms with Crippen molar-refractivity contribution in [3.63, 3.8) is 0 Å². The summed E-state index contributed by atoms with van der Waals surface area (Å²) < 4.78 is 9.60. The van der Waals surface area contributed by atoms with Crippen LogP contribution in [0.25, 0.3) is 16.6 Å². The van der Waals surface area contributed by atoms with Gasteiger partial charge in [0.2, 0.25) is 5.91 Å². The molecule has 0 spiro atoms. The molecule has 1 aliphatic heterocycles. The third-order valence-electron chi connectivity index (χ3n) is 6.48. The predicted molar refractivity (Wildman–Crippen MR) is 142 cm³/mol. The largest absolute Gasteiger partial charge is 0.373 e. The monoisotopic (exact) mass is 513 g/mol. The van der Waals surface area contributed by atoms with Gasteiger partial charge in [-0.3, -0.25) is 14.5 Å². The molecule has 5 rings (SSSR count). The number of hydrogen-bond acceptors (Lipinski definition) is 7. The number of carbonyl (C=O) groups excluding carboxylic acids is 1. The Hall–Kier alpha value is -3.94. The first-order valence-corrected chi connectivity index (χ1v) is 12.8. The second-order valence-corrected chi connectivity index (χ2v) is 9.95. The number of hydrogen-bond donors (Lipinski definition) is 0. The van der Waals surface area contributed by atoms with Crippen LogP contribution in [0.15, 0.2) is 63.7 Å². The van der Waals surface area contributed by atoms with E-state index in [2.05, 4.69) is 27.3 Å². The lowest BCUT2D eigenvalue weighted by molar-refractivity contribution is -0.136. The Bertz CT molecular complexity index is 1530. The number of rotatable bonds is 6.